The van der Waals surface area contributed by atoms with Gasteiger partial charge in [0.1, 0.15) is 5.82 Å². The van der Waals surface area contributed by atoms with Crippen molar-refractivity contribution in [1.82, 2.24) is 10.6 Å². The Kier molecular flexibility index (Phi) is 5.46. The van der Waals surface area contributed by atoms with Gasteiger partial charge in [-0.05, 0) is 42.3 Å². The summed E-state index contributed by atoms with van der Waals surface area (Å²) >= 11 is 0. The number of hydrogen-bond acceptors (Lipinski definition) is 2. The number of benzene rings is 2. The van der Waals surface area contributed by atoms with Crippen molar-refractivity contribution >= 4 is 11.8 Å². The maximum atomic E-state index is 12.9. The van der Waals surface area contributed by atoms with Gasteiger partial charge in [-0.25, -0.2) is 4.39 Å². The summed E-state index contributed by atoms with van der Waals surface area (Å²) in [6, 6.07) is 12.8. The molecule has 23 heavy (non-hydrogen) atoms. The van der Waals surface area contributed by atoms with Crippen LogP contribution >= 0.6 is 0 Å². The largest absolute Gasteiger partial charge is 0.352 e. The van der Waals surface area contributed by atoms with E-state index in [-0.39, 0.29) is 23.7 Å². The van der Waals surface area contributed by atoms with Crippen LogP contribution in [0.15, 0.2) is 48.5 Å². The SMILES string of the molecule is CC(=O)NCc1ccc(C(=O)NC(C)c2ccc(F)cc2)cc1. The molecule has 2 rings (SSSR count). The zero-order valence-corrected chi connectivity index (χ0v) is 13.1. The maximum absolute atomic E-state index is 12.9. The van der Waals surface area contributed by atoms with E-state index in [0.717, 1.165) is 11.1 Å². The third-order valence-corrected chi connectivity index (χ3v) is 3.48. The summed E-state index contributed by atoms with van der Waals surface area (Å²) in [6.07, 6.45) is 0. The van der Waals surface area contributed by atoms with E-state index in [1.54, 1.807) is 36.4 Å². The Morgan fingerprint density at radius 2 is 1.65 bits per heavy atom. The van der Waals surface area contributed by atoms with E-state index in [0.29, 0.717) is 12.1 Å². The Bertz CT molecular complexity index is 681. The van der Waals surface area contributed by atoms with E-state index in [1.807, 2.05) is 6.92 Å². The predicted molar refractivity (Wildman–Crippen MR) is 86.2 cm³/mol. The lowest BCUT2D eigenvalue weighted by Crippen LogP contribution is -2.26. The molecule has 2 N–H and O–H groups in total. The highest BCUT2D eigenvalue weighted by molar-refractivity contribution is 5.94. The summed E-state index contributed by atoms with van der Waals surface area (Å²) < 4.78 is 12.9. The van der Waals surface area contributed by atoms with Gasteiger partial charge in [0.05, 0.1) is 6.04 Å². The second kappa shape index (κ2) is 7.54. The van der Waals surface area contributed by atoms with Crippen LogP contribution < -0.4 is 10.6 Å². The molecule has 1 unspecified atom stereocenters. The molecule has 120 valence electrons. The number of nitrogens with one attached hydrogen (secondary N) is 2. The second-order valence-electron chi connectivity index (χ2n) is 5.35. The molecule has 0 heterocycles. The molecule has 0 aliphatic carbocycles. The van der Waals surface area contributed by atoms with Crippen molar-refractivity contribution in [2.45, 2.75) is 26.4 Å². The van der Waals surface area contributed by atoms with Crippen molar-refractivity contribution in [3.8, 4) is 0 Å². The van der Waals surface area contributed by atoms with E-state index in [9.17, 15) is 14.0 Å². The molecule has 1 atom stereocenters. The molecule has 0 aromatic heterocycles. The summed E-state index contributed by atoms with van der Waals surface area (Å²) in [6.45, 7) is 3.73. The topological polar surface area (TPSA) is 58.2 Å². The molecule has 0 saturated carbocycles. The molecule has 2 aromatic rings. The first-order valence-corrected chi connectivity index (χ1v) is 7.35. The fourth-order valence-electron chi connectivity index (χ4n) is 2.12. The van der Waals surface area contributed by atoms with E-state index >= 15 is 0 Å². The van der Waals surface area contributed by atoms with E-state index < -0.39 is 0 Å². The van der Waals surface area contributed by atoms with Crippen LogP contribution in [0.1, 0.15) is 41.4 Å². The van der Waals surface area contributed by atoms with Crippen LogP contribution in [0.5, 0.6) is 0 Å². The van der Waals surface area contributed by atoms with E-state index in [4.69, 9.17) is 0 Å². The molecule has 4 nitrogen and oxygen atoms in total. The molecule has 5 heteroatoms. The van der Waals surface area contributed by atoms with Gasteiger partial charge < -0.3 is 10.6 Å². The van der Waals surface area contributed by atoms with Gasteiger partial charge in [-0.2, -0.15) is 0 Å². The molecule has 2 amide bonds. The van der Waals surface area contributed by atoms with Gasteiger partial charge in [-0.3, -0.25) is 9.59 Å². The van der Waals surface area contributed by atoms with Crippen molar-refractivity contribution in [3.63, 3.8) is 0 Å². The molecule has 0 aliphatic heterocycles. The number of amides is 2. The summed E-state index contributed by atoms with van der Waals surface area (Å²) in [4.78, 5) is 23.1. The lowest BCUT2D eigenvalue weighted by atomic mass is 10.1. The highest BCUT2D eigenvalue weighted by atomic mass is 19.1. The molecule has 0 fully saturated rings. The number of carbonyl (C=O) groups is 2. The van der Waals surface area contributed by atoms with Crippen molar-refractivity contribution in [1.29, 1.82) is 0 Å². The Balaban J connectivity index is 1.97. The summed E-state index contributed by atoms with van der Waals surface area (Å²) in [5.41, 5.74) is 2.29. The molecular weight excluding hydrogens is 295 g/mol. The van der Waals surface area contributed by atoms with Crippen molar-refractivity contribution in [2.75, 3.05) is 0 Å². The van der Waals surface area contributed by atoms with Crippen molar-refractivity contribution in [2.24, 2.45) is 0 Å². The number of rotatable bonds is 5. The van der Waals surface area contributed by atoms with Crippen LogP contribution in [0.25, 0.3) is 0 Å². The first-order chi connectivity index (χ1) is 11.0. The van der Waals surface area contributed by atoms with Gasteiger partial charge >= 0.3 is 0 Å². The van der Waals surface area contributed by atoms with Crippen molar-refractivity contribution < 1.29 is 14.0 Å². The lowest BCUT2D eigenvalue weighted by molar-refractivity contribution is -0.119. The van der Waals surface area contributed by atoms with E-state index in [2.05, 4.69) is 10.6 Å². The number of carbonyl (C=O) groups excluding carboxylic acids is 2. The van der Waals surface area contributed by atoms with Crippen molar-refractivity contribution in [3.05, 3.63) is 71.0 Å². The Hall–Kier alpha value is -2.69. The third-order valence-electron chi connectivity index (χ3n) is 3.48. The van der Waals surface area contributed by atoms with E-state index in [1.165, 1.54) is 19.1 Å². The van der Waals surface area contributed by atoms with Crippen LogP contribution in [0.2, 0.25) is 0 Å². The summed E-state index contributed by atoms with van der Waals surface area (Å²) in [5, 5.41) is 5.57. The number of hydrogen-bond donors (Lipinski definition) is 2. The monoisotopic (exact) mass is 314 g/mol. The number of halogens is 1. The normalized spacial score (nSPS) is 11.6. The van der Waals surface area contributed by atoms with Gasteiger partial charge in [0.15, 0.2) is 0 Å². The Morgan fingerprint density at radius 1 is 1.04 bits per heavy atom. The predicted octanol–water partition coefficient (Wildman–Crippen LogP) is 2.95. The maximum Gasteiger partial charge on any atom is 0.251 e. The average molecular weight is 314 g/mol. The molecule has 0 bridgehead atoms. The fourth-order valence-corrected chi connectivity index (χ4v) is 2.12. The molecule has 0 radical (unpaired) electrons. The first kappa shape index (κ1) is 16.7. The van der Waals surface area contributed by atoms with Crippen LogP contribution in [0.3, 0.4) is 0 Å². The van der Waals surface area contributed by atoms with Gasteiger partial charge in [0.2, 0.25) is 5.91 Å². The molecular formula is C18H19FN2O2. The molecule has 0 aliphatic rings. The third kappa shape index (κ3) is 4.92. The minimum Gasteiger partial charge on any atom is -0.352 e. The summed E-state index contributed by atoms with van der Waals surface area (Å²) in [7, 11) is 0. The highest BCUT2D eigenvalue weighted by Crippen LogP contribution is 2.14. The molecule has 0 spiro atoms. The van der Waals surface area contributed by atoms with Gasteiger partial charge in [0.25, 0.3) is 5.91 Å². The highest BCUT2D eigenvalue weighted by Gasteiger charge is 2.11. The second-order valence-corrected chi connectivity index (χ2v) is 5.35. The van der Waals surface area contributed by atoms with Gasteiger partial charge in [0, 0.05) is 19.0 Å². The zero-order valence-electron chi connectivity index (χ0n) is 13.1. The van der Waals surface area contributed by atoms with Crippen LogP contribution in [0.4, 0.5) is 4.39 Å². The van der Waals surface area contributed by atoms with Crippen LogP contribution in [-0.4, -0.2) is 11.8 Å². The Morgan fingerprint density at radius 3 is 2.22 bits per heavy atom. The quantitative estimate of drug-likeness (QED) is 0.891. The van der Waals surface area contributed by atoms with Crippen LogP contribution in [-0.2, 0) is 11.3 Å². The molecule has 2 aromatic carbocycles. The van der Waals surface area contributed by atoms with Gasteiger partial charge in [-0.1, -0.05) is 24.3 Å². The standard InChI is InChI=1S/C18H19FN2O2/c1-12(15-7-9-17(19)10-8-15)21-18(23)16-5-3-14(4-6-16)11-20-13(2)22/h3-10,12H,11H2,1-2H3,(H,20,22)(H,21,23). The minimum absolute atomic E-state index is 0.0973. The first-order valence-electron chi connectivity index (χ1n) is 7.35. The van der Waals surface area contributed by atoms with Crippen LogP contribution in [0, 0.1) is 5.82 Å². The lowest BCUT2D eigenvalue weighted by Gasteiger charge is -2.14. The minimum atomic E-state index is -0.304. The smallest absolute Gasteiger partial charge is 0.251 e. The van der Waals surface area contributed by atoms with Gasteiger partial charge in [-0.15, -0.1) is 0 Å². The average Bonchev–Trinajstić information content (AvgIpc) is 2.54. The fraction of sp³-hybridized carbons (Fsp3) is 0.222. The Labute approximate surface area is 134 Å². The molecule has 0 saturated heterocycles. The summed E-state index contributed by atoms with van der Waals surface area (Å²) in [5.74, 6) is -0.602. The zero-order chi connectivity index (χ0) is 16.8.